The molecule has 41 heavy (non-hydrogen) atoms. The van der Waals surface area contributed by atoms with Crippen LogP contribution in [0.4, 0.5) is 5.69 Å². The van der Waals surface area contributed by atoms with Crippen molar-refractivity contribution in [3.63, 3.8) is 0 Å². The van der Waals surface area contributed by atoms with Crippen molar-refractivity contribution in [2.45, 2.75) is 44.7 Å². The topological polar surface area (TPSA) is 124 Å². The molecule has 2 aliphatic rings. The van der Waals surface area contributed by atoms with Gasteiger partial charge >= 0.3 is 11.9 Å². The van der Waals surface area contributed by atoms with Crippen LogP contribution in [0.3, 0.4) is 0 Å². The number of amides is 2. The summed E-state index contributed by atoms with van der Waals surface area (Å²) < 4.78 is 0. The highest BCUT2D eigenvalue weighted by molar-refractivity contribution is 6.25. The van der Waals surface area contributed by atoms with Crippen molar-refractivity contribution in [1.82, 2.24) is 5.32 Å². The van der Waals surface area contributed by atoms with E-state index in [9.17, 15) is 29.4 Å². The van der Waals surface area contributed by atoms with Gasteiger partial charge in [-0.25, -0.2) is 4.90 Å². The molecule has 3 N–H and O–H groups in total. The Morgan fingerprint density at radius 3 is 1.95 bits per heavy atom. The third-order valence-corrected chi connectivity index (χ3v) is 8.22. The SMILES string of the molecule is CCc1cccc(CC)c1N1C(=O)C2C(c3ccc(C=Cc4ccccc4)cc3)NC(CC(=O)O)(C(=O)O)C2C1=O. The van der Waals surface area contributed by atoms with Crippen molar-refractivity contribution in [1.29, 1.82) is 0 Å². The van der Waals surface area contributed by atoms with Crippen LogP contribution in [-0.2, 0) is 32.0 Å². The molecule has 8 heteroatoms. The quantitative estimate of drug-likeness (QED) is 0.259. The van der Waals surface area contributed by atoms with Crippen molar-refractivity contribution in [3.05, 3.63) is 101 Å². The number of anilines is 1. The van der Waals surface area contributed by atoms with Crippen LogP contribution in [0, 0.1) is 11.8 Å². The van der Waals surface area contributed by atoms with E-state index in [-0.39, 0.29) is 0 Å². The van der Waals surface area contributed by atoms with Crippen LogP contribution < -0.4 is 10.2 Å². The summed E-state index contributed by atoms with van der Waals surface area (Å²) in [4.78, 5) is 54.1. The number of imide groups is 1. The van der Waals surface area contributed by atoms with Crippen molar-refractivity contribution < 1.29 is 29.4 Å². The molecule has 4 unspecified atom stereocenters. The second-order valence-corrected chi connectivity index (χ2v) is 10.5. The van der Waals surface area contributed by atoms with Crippen LogP contribution in [0.2, 0.25) is 0 Å². The molecule has 4 atom stereocenters. The summed E-state index contributed by atoms with van der Waals surface area (Å²) in [5.41, 5.74) is 2.45. The number of carbonyl (C=O) groups is 4. The number of hydrogen-bond donors (Lipinski definition) is 3. The first-order valence-corrected chi connectivity index (χ1v) is 13.8. The second kappa shape index (κ2) is 11.1. The van der Waals surface area contributed by atoms with Crippen molar-refractivity contribution in [3.8, 4) is 0 Å². The molecule has 0 aliphatic carbocycles. The molecular weight excluding hydrogens is 520 g/mol. The highest BCUT2D eigenvalue weighted by atomic mass is 16.4. The van der Waals surface area contributed by atoms with Gasteiger partial charge in [-0.15, -0.1) is 0 Å². The molecule has 3 aromatic rings. The fourth-order valence-corrected chi connectivity index (χ4v) is 6.26. The van der Waals surface area contributed by atoms with Crippen molar-refractivity contribution >= 4 is 41.6 Å². The molecule has 3 aromatic carbocycles. The molecule has 8 nitrogen and oxygen atoms in total. The lowest BCUT2D eigenvalue weighted by molar-refractivity contribution is -0.154. The normalized spacial score (nSPS) is 23.8. The molecule has 2 amide bonds. The number of aliphatic carboxylic acids is 2. The lowest BCUT2D eigenvalue weighted by Gasteiger charge is -2.30. The fourth-order valence-electron chi connectivity index (χ4n) is 6.26. The molecule has 210 valence electrons. The smallest absolute Gasteiger partial charge is 0.325 e. The summed E-state index contributed by atoms with van der Waals surface area (Å²) >= 11 is 0. The highest BCUT2D eigenvalue weighted by Gasteiger charge is 2.69. The Hall–Kier alpha value is -4.56. The summed E-state index contributed by atoms with van der Waals surface area (Å²) in [5, 5.41) is 23.1. The lowest BCUT2D eigenvalue weighted by atomic mass is 9.77. The number of nitrogens with one attached hydrogen (secondary N) is 1. The van der Waals surface area contributed by atoms with Crippen molar-refractivity contribution in [2.24, 2.45) is 11.8 Å². The summed E-state index contributed by atoms with van der Waals surface area (Å²) in [7, 11) is 0. The number of nitrogens with zero attached hydrogens (tertiary/aromatic N) is 1. The predicted octanol–water partition coefficient (Wildman–Crippen LogP) is 4.73. The van der Waals surface area contributed by atoms with Gasteiger partial charge in [0.2, 0.25) is 11.8 Å². The van der Waals surface area contributed by atoms with Gasteiger partial charge in [0.15, 0.2) is 0 Å². The molecule has 5 rings (SSSR count). The highest BCUT2D eigenvalue weighted by Crippen LogP contribution is 2.51. The van der Waals surface area contributed by atoms with E-state index in [0.29, 0.717) is 24.1 Å². The monoisotopic (exact) mass is 552 g/mol. The predicted molar refractivity (Wildman–Crippen MR) is 155 cm³/mol. The minimum atomic E-state index is -2.15. The van der Waals surface area contributed by atoms with Crippen LogP contribution in [0.15, 0.2) is 72.8 Å². The lowest BCUT2D eigenvalue weighted by Crippen LogP contribution is -2.57. The third kappa shape index (κ3) is 4.85. The van der Waals surface area contributed by atoms with Gasteiger partial charge < -0.3 is 10.2 Å². The number of aryl methyl sites for hydroxylation is 2. The number of rotatable bonds is 9. The number of carboxylic acids is 2. The molecule has 0 radical (unpaired) electrons. The van der Waals surface area contributed by atoms with E-state index < -0.39 is 53.6 Å². The van der Waals surface area contributed by atoms with Crippen molar-refractivity contribution in [2.75, 3.05) is 4.90 Å². The van der Waals surface area contributed by atoms with Crippen LogP contribution >= 0.6 is 0 Å². The summed E-state index contributed by atoms with van der Waals surface area (Å²) in [5.74, 6) is -6.52. The zero-order valence-electron chi connectivity index (χ0n) is 22.9. The van der Waals surface area contributed by atoms with Crippen LogP contribution in [0.5, 0.6) is 0 Å². The van der Waals surface area contributed by atoms with E-state index >= 15 is 0 Å². The minimum Gasteiger partial charge on any atom is -0.481 e. The number of benzene rings is 3. The summed E-state index contributed by atoms with van der Waals surface area (Å²) in [6.45, 7) is 3.85. The maximum absolute atomic E-state index is 14.2. The van der Waals surface area contributed by atoms with Gasteiger partial charge in [0.1, 0.15) is 5.54 Å². The zero-order valence-corrected chi connectivity index (χ0v) is 22.9. The first-order valence-electron chi connectivity index (χ1n) is 13.8. The molecular formula is C33H32N2O6. The first-order chi connectivity index (χ1) is 19.7. The Balaban J connectivity index is 1.58. The summed E-state index contributed by atoms with van der Waals surface area (Å²) in [6.07, 6.45) is 4.19. The number of para-hydroxylation sites is 1. The van der Waals surface area contributed by atoms with Gasteiger partial charge in [0, 0.05) is 6.04 Å². The van der Waals surface area contributed by atoms with Gasteiger partial charge in [-0.3, -0.25) is 24.5 Å². The molecule has 2 saturated heterocycles. The maximum Gasteiger partial charge on any atom is 0.325 e. The molecule has 2 fully saturated rings. The van der Waals surface area contributed by atoms with Gasteiger partial charge in [0.25, 0.3) is 0 Å². The summed E-state index contributed by atoms with van der Waals surface area (Å²) in [6, 6.07) is 21.8. The Labute approximate surface area is 238 Å². The average Bonchev–Trinajstić information content (AvgIpc) is 3.45. The standard InChI is InChI=1S/C33H32N2O6/c1-3-22-11-8-12-23(4-2)29(22)35-30(38)26-27(31(35)39)33(32(40)41,19-25(36)37)34-28(26)24-17-15-21(16-18-24)14-13-20-9-6-5-7-10-20/h5-18,26-28,34H,3-4,19H2,1-2H3,(H,36,37)(H,40,41). The first kappa shape index (κ1) is 28.0. The molecule has 0 spiro atoms. The van der Waals surface area contributed by atoms with Gasteiger partial charge in [-0.2, -0.15) is 0 Å². The Morgan fingerprint density at radius 1 is 0.829 bits per heavy atom. The van der Waals surface area contributed by atoms with Crippen LogP contribution in [-0.4, -0.2) is 39.5 Å². The molecule has 0 saturated carbocycles. The number of hydrogen-bond acceptors (Lipinski definition) is 5. The number of carboxylic acid groups (broad SMARTS) is 2. The third-order valence-electron chi connectivity index (χ3n) is 8.22. The maximum atomic E-state index is 14.2. The second-order valence-electron chi connectivity index (χ2n) is 10.5. The minimum absolute atomic E-state index is 0.483. The molecule has 0 bridgehead atoms. The Kier molecular flexibility index (Phi) is 7.60. The fraction of sp³-hybridized carbons (Fsp3) is 0.273. The van der Waals surface area contributed by atoms with E-state index in [2.05, 4.69) is 5.32 Å². The molecule has 0 aromatic heterocycles. The zero-order chi connectivity index (χ0) is 29.3. The largest absolute Gasteiger partial charge is 0.481 e. The molecule has 2 aliphatic heterocycles. The van der Waals surface area contributed by atoms with Crippen LogP contribution in [0.1, 0.15) is 54.1 Å². The van der Waals surface area contributed by atoms with E-state index in [0.717, 1.165) is 27.2 Å². The van der Waals surface area contributed by atoms with E-state index in [1.54, 1.807) is 12.1 Å². The van der Waals surface area contributed by atoms with Crippen LogP contribution in [0.25, 0.3) is 12.2 Å². The van der Waals surface area contributed by atoms with E-state index in [1.165, 1.54) is 0 Å². The van der Waals surface area contributed by atoms with E-state index in [4.69, 9.17) is 0 Å². The van der Waals surface area contributed by atoms with Gasteiger partial charge in [-0.1, -0.05) is 98.8 Å². The Bertz CT molecular complexity index is 1510. The van der Waals surface area contributed by atoms with Gasteiger partial charge in [-0.05, 0) is 40.7 Å². The average molecular weight is 553 g/mol. The number of carbonyl (C=O) groups excluding carboxylic acids is 2. The Morgan fingerprint density at radius 2 is 1.41 bits per heavy atom. The molecule has 2 heterocycles. The van der Waals surface area contributed by atoms with E-state index in [1.807, 2.05) is 86.7 Å². The van der Waals surface area contributed by atoms with Gasteiger partial charge in [0.05, 0.1) is 23.9 Å². The number of fused-ring (bicyclic) bond motifs is 1.